The summed E-state index contributed by atoms with van der Waals surface area (Å²) in [5.41, 5.74) is -0.135. The van der Waals surface area contributed by atoms with Gasteiger partial charge in [-0.1, -0.05) is 27.2 Å². The van der Waals surface area contributed by atoms with Gasteiger partial charge in [0.15, 0.2) is 5.79 Å². The minimum absolute atomic E-state index is 0.0277. The highest BCUT2D eigenvalue weighted by Gasteiger charge is 2.69. The smallest absolute Gasteiger partial charge is 0.163 e. The fraction of sp³-hybridized carbons (Fsp3) is 1.00. The molecular formula is C24H40O3. The largest absolute Gasteiger partial charge is 0.390 e. The maximum atomic E-state index is 11.2. The third-order valence-electron chi connectivity index (χ3n) is 10.4. The molecule has 0 radical (unpaired) electrons. The normalized spacial score (nSPS) is 61.7. The Balaban J connectivity index is 1.59. The first-order chi connectivity index (χ1) is 12.5. The van der Waals surface area contributed by atoms with Crippen molar-refractivity contribution in [3.05, 3.63) is 0 Å². The Morgan fingerprint density at radius 1 is 0.778 bits per heavy atom. The molecule has 5 rings (SSSR count). The van der Waals surface area contributed by atoms with Crippen LogP contribution in [0.15, 0.2) is 0 Å². The van der Waals surface area contributed by atoms with Gasteiger partial charge in [0, 0.05) is 0 Å². The van der Waals surface area contributed by atoms with E-state index in [1.165, 1.54) is 32.1 Å². The van der Waals surface area contributed by atoms with Crippen LogP contribution in [0.2, 0.25) is 0 Å². The topological polar surface area (TPSA) is 38.7 Å². The third kappa shape index (κ3) is 2.37. The summed E-state index contributed by atoms with van der Waals surface area (Å²) in [6, 6.07) is 0. The fourth-order valence-corrected chi connectivity index (χ4v) is 8.63. The van der Waals surface area contributed by atoms with Crippen molar-refractivity contribution in [3.8, 4) is 0 Å². The second-order valence-electron chi connectivity index (χ2n) is 12.1. The summed E-state index contributed by atoms with van der Waals surface area (Å²) in [6.45, 7) is 13.7. The Hall–Kier alpha value is -0.120. The van der Waals surface area contributed by atoms with Gasteiger partial charge in [-0.3, -0.25) is 0 Å². The molecule has 1 heterocycles. The van der Waals surface area contributed by atoms with Crippen molar-refractivity contribution in [2.75, 3.05) is 0 Å². The zero-order chi connectivity index (χ0) is 19.4. The van der Waals surface area contributed by atoms with E-state index in [2.05, 4.69) is 41.5 Å². The number of hydrogen-bond donors (Lipinski definition) is 1. The zero-order valence-corrected chi connectivity index (χ0v) is 18.3. The number of fused-ring (bicyclic) bond motifs is 8. The molecule has 154 valence electrons. The molecule has 0 aromatic rings. The van der Waals surface area contributed by atoms with Crippen molar-refractivity contribution in [1.29, 1.82) is 0 Å². The predicted octanol–water partition coefficient (Wildman–Crippen LogP) is 5.16. The average Bonchev–Trinajstić information content (AvgIpc) is 3.02. The van der Waals surface area contributed by atoms with E-state index < -0.39 is 11.4 Å². The van der Waals surface area contributed by atoms with E-state index in [4.69, 9.17) is 9.47 Å². The van der Waals surface area contributed by atoms with E-state index in [1.54, 1.807) is 0 Å². The Morgan fingerprint density at radius 3 is 2.19 bits per heavy atom. The van der Waals surface area contributed by atoms with Crippen LogP contribution in [0.5, 0.6) is 0 Å². The van der Waals surface area contributed by atoms with Crippen LogP contribution in [0.1, 0.15) is 86.5 Å². The maximum absolute atomic E-state index is 11.2. The van der Waals surface area contributed by atoms with E-state index in [0.29, 0.717) is 23.2 Å². The van der Waals surface area contributed by atoms with Crippen LogP contribution in [0.25, 0.3) is 0 Å². The highest BCUT2D eigenvalue weighted by atomic mass is 16.8. The van der Waals surface area contributed by atoms with Crippen molar-refractivity contribution in [3.63, 3.8) is 0 Å². The molecule has 5 fully saturated rings. The first-order valence-electron chi connectivity index (χ1n) is 11.6. The Bertz CT molecular complexity index is 627. The van der Waals surface area contributed by atoms with Crippen LogP contribution in [0.3, 0.4) is 0 Å². The van der Waals surface area contributed by atoms with Crippen molar-refractivity contribution in [1.82, 2.24) is 0 Å². The number of aliphatic hydroxyl groups is 1. The van der Waals surface area contributed by atoms with Gasteiger partial charge in [0.25, 0.3) is 0 Å². The summed E-state index contributed by atoms with van der Waals surface area (Å²) in [5, 5.41) is 11.2. The Morgan fingerprint density at radius 2 is 1.44 bits per heavy atom. The SMILES string of the molecule is C[C@H]1CC[C@@]2(C)[C@H](C1)[C@H]1OC(C)(C)O[C@@H]1C1[C@@H]2CC[C@@]2(C)[C@H]1CC[C@]2(C)O. The second kappa shape index (κ2) is 5.52. The maximum Gasteiger partial charge on any atom is 0.163 e. The molecule has 1 unspecified atom stereocenters. The van der Waals surface area contributed by atoms with Gasteiger partial charge in [-0.25, -0.2) is 0 Å². The van der Waals surface area contributed by atoms with Crippen LogP contribution in [0, 0.1) is 40.4 Å². The molecule has 0 aromatic carbocycles. The van der Waals surface area contributed by atoms with Crippen molar-refractivity contribution in [2.45, 2.75) is 110 Å². The van der Waals surface area contributed by atoms with E-state index in [0.717, 1.165) is 24.7 Å². The minimum Gasteiger partial charge on any atom is -0.390 e. The van der Waals surface area contributed by atoms with Gasteiger partial charge in [-0.05, 0) is 99.7 Å². The summed E-state index contributed by atoms with van der Waals surface area (Å²) < 4.78 is 13.3. The molecule has 3 heteroatoms. The molecule has 0 aromatic heterocycles. The molecule has 1 N–H and O–H groups in total. The number of ether oxygens (including phenoxy) is 2. The molecule has 5 aliphatic rings. The molecule has 3 nitrogen and oxygen atoms in total. The molecule has 4 aliphatic carbocycles. The summed E-state index contributed by atoms with van der Waals surface area (Å²) in [4.78, 5) is 0. The van der Waals surface area contributed by atoms with Gasteiger partial charge >= 0.3 is 0 Å². The van der Waals surface area contributed by atoms with Crippen LogP contribution in [-0.2, 0) is 9.47 Å². The fourth-order valence-electron chi connectivity index (χ4n) is 8.63. The van der Waals surface area contributed by atoms with E-state index in [1.807, 2.05) is 0 Å². The monoisotopic (exact) mass is 376 g/mol. The molecule has 4 saturated carbocycles. The van der Waals surface area contributed by atoms with Crippen molar-refractivity contribution >= 4 is 0 Å². The number of hydrogen-bond acceptors (Lipinski definition) is 3. The molecule has 1 saturated heterocycles. The molecule has 1 aliphatic heterocycles. The van der Waals surface area contributed by atoms with Crippen LogP contribution in [-0.4, -0.2) is 28.7 Å². The third-order valence-corrected chi connectivity index (χ3v) is 10.4. The lowest BCUT2D eigenvalue weighted by molar-refractivity contribution is -0.198. The van der Waals surface area contributed by atoms with E-state index in [-0.39, 0.29) is 17.6 Å². The van der Waals surface area contributed by atoms with Gasteiger partial charge < -0.3 is 14.6 Å². The summed E-state index contributed by atoms with van der Waals surface area (Å²) in [5.74, 6) is 2.78. The van der Waals surface area contributed by atoms with Crippen molar-refractivity contribution < 1.29 is 14.6 Å². The first-order valence-corrected chi connectivity index (χ1v) is 11.6. The molecule has 0 bridgehead atoms. The predicted molar refractivity (Wildman–Crippen MR) is 106 cm³/mol. The lowest BCUT2D eigenvalue weighted by Crippen LogP contribution is -2.64. The summed E-state index contributed by atoms with van der Waals surface area (Å²) in [7, 11) is 0. The highest BCUT2D eigenvalue weighted by Crippen LogP contribution is 2.70. The summed E-state index contributed by atoms with van der Waals surface area (Å²) >= 11 is 0. The number of rotatable bonds is 0. The summed E-state index contributed by atoms with van der Waals surface area (Å²) in [6.07, 6.45) is 8.96. The van der Waals surface area contributed by atoms with E-state index in [9.17, 15) is 5.11 Å². The van der Waals surface area contributed by atoms with Gasteiger partial charge in [0.05, 0.1) is 17.8 Å². The molecule has 0 spiro atoms. The Labute approximate surface area is 165 Å². The minimum atomic E-state index is -0.536. The van der Waals surface area contributed by atoms with Gasteiger partial charge in [0.2, 0.25) is 0 Å². The van der Waals surface area contributed by atoms with Crippen LogP contribution < -0.4 is 0 Å². The lowest BCUT2D eigenvalue weighted by Gasteiger charge is -2.63. The quantitative estimate of drug-likeness (QED) is 0.635. The Kier molecular flexibility index (Phi) is 3.86. The van der Waals surface area contributed by atoms with Gasteiger partial charge in [-0.2, -0.15) is 0 Å². The molecule has 27 heavy (non-hydrogen) atoms. The first kappa shape index (κ1) is 18.9. The van der Waals surface area contributed by atoms with E-state index >= 15 is 0 Å². The standard InChI is InChI=1S/C24H40O3/c1-14-7-10-22(4)15-8-11-23(5)16(9-12-24(23,6)25)18(15)20-19(17(22)13-14)26-21(2,3)27-20/h14-20,25H,7-13H2,1-6H3/t14-,15-,16-,17+,18?,19+,20+,22+,23-,24-/m0/s1. The van der Waals surface area contributed by atoms with Crippen LogP contribution in [0.4, 0.5) is 0 Å². The zero-order valence-electron chi connectivity index (χ0n) is 18.3. The lowest BCUT2D eigenvalue weighted by atomic mass is 9.42. The molecule has 10 atom stereocenters. The van der Waals surface area contributed by atoms with Gasteiger partial charge in [-0.15, -0.1) is 0 Å². The molecule has 0 amide bonds. The van der Waals surface area contributed by atoms with Crippen molar-refractivity contribution in [2.24, 2.45) is 40.4 Å². The average molecular weight is 377 g/mol. The highest BCUT2D eigenvalue weighted by molar-refractivity contribution is 5.17. The second-order valence-corrected chi connectivity index (χ2v) is 12.1. The molecular weight excluding hydrogens is 336 g/mol. The van der Waals surface area contributed by atoms with Gasteiger partial charge in [0.1, 0.15) is 0 Å². The van der Waals surface area contributed by atoms with Crippen LogP contribution >= 0.6 is 0 Å².